The van der Waals surface area contributed by atoms with Gasteiger partial charge in [-0.2, -0.15) is 8.78 Å². The van der Waals surface area contributed by atoms with Crippen LogP contribution in [0.1, 0.15) is 5.56 Å². The van der Waals surface area contributed by atoms with E-state index in [1.165, 1.54) is 30.5 Å². The highest BCUT2D eigenvalue weighted by Crippen LogP contribution is 2.26. The van der Waals surface area contributed by atoms with Crippen molar-refractivity contribution in [3.63, 3.8) is 0 Å². The van der Waals surface area contributed by atoms with Gasteiger partial charge in [-0.25, -0.2) is 0 Å². The molecule has 0 radical (unpaired) electrons. The number of ether oxygens (including phenoxy) is 2. The Hall–Kier alpha value is -3.09. The molecule has 3 rings (SSSR count). The SMILES string of the molecule is COc1ccc2c(CC(=O)Nc3ccc(OC(F)F)cc3)coc2c1. The first-order valence-electron chi connectivity index (χ1n) is 7.44. The molecule has 2 aromatic carbocycles. The van der Waals surface area contributed by atoms with E-state index in [0.29, 0.717) is 17.0 Å². The summed E-state index contributed by atoms with van der Waals surface area (Å²) in [6.07, 6.45) is 1.65. The number of hydrogen-bond donors (Lipinski definition) is 1. The minimum atomic E-state index is -2.88. The van der Waals surface area contributed by atoms with E-state index in [-0.39, 0.29) is 18.1 Å². The Labute approximate surface area is 142 Å². The Balaban J connectivity index is 1.66. The lowest BCUT2D eigenvalue weighted by Gasteiger charge is -2.07. The summed E-state index contributed by atoms with van der Waals surface area (Å²) in [6, 6.07) is 11.1. The van der Waals surface area contributed by atoms with Gasteiger partial charge < -0.3 is 19.2 Å². The number of carbonyl (C=O) groups is 1. The van der Waals surface area contributed by atoms with Crippen LogP contribution >= 0.6 is 0 Å². The van der Waals surface area contributed by atoms with Crippen LogP contribution in [0.2, 0.25) is 0 Å². The van der Waals surface area contributed by atoms with Crippen LogP contribution in [-0.4, -0.2) is 19.6 Å². The van der Waals surface area contributed by atoms with Crippen LogP contribution in [0.4, 0.5) is 14.5 Å². The van der Waals surface area contributed by atoms with Crippen molar-refractivity contribution in [1.82, 2.24) is 0 Å². The van der Waals surface area contributed by atoms with E-state index in [9.17, 15) is 13.6 Å². The summed E-state index contributed by atoms with van der Waals surface area (Å²) in [7, 11) is 1.57. The number of amides is 1. The topological polar surface area (TPSA) is 60.7 Å². The van der Waals surface area contributed by atoms with Gasteiger partial charge in [-0.05, 0) is 36.4 Å². The molecule has 1 heterocycles. The maximum absolute atomic E-state index is 12.2. The Morgan fingerprint density at radius 3 is 2.56 bits per heavy atom. The number of furan rings is 1. The lowest BCUT2D eigenvalue weighted by molar-refractivity contribution is -0.115. The quantitative estimate of drug-likeness (QED) is 0.725. The average Bonchev–Trinajstić information content (AvgIpc) is 2.98. The van der Waals surface area contributed by atoms with Crippen LogP contribution in [0.15, 0.2) is 53.1 Å². The molecule has 5 nitrogen and oxygen atoms in total. The zero-order valence-corrected chi connectivity index (χ0v) is 13.3. The summed E-state index contributed by atoms with van der Waals surface area (Å²) in [5.74, 6) is 0.452. The molecule has 0 atom stereocenters. The van der Waals surface area contributed by atoms with Crippen molar-refractivity contribution < 1.29 is 27.5 Å². The minimum absolute atomic E-state index is 0.0303. The Morgan fingerprint density at radius 2 is 1.88 bits per heavy atom. The lowest BCUT2D eigenvalue weighted by atomic mass is 10.1. The molecule has 0 fully saturated rings. The van der Waals surface area contributed by atoms with Gasteiger partial charge in [-0.1, -0.05) is 0 Å². The number of carbonyl (C=O) groups excluding carboxylic acids is 1. The van der Waals surface area contributed by atoms with Crippen LogP contribution in [0.25, 0.3) is 11.0 Å². The summed E-state index contributed by atoms with van der Waals surface area (Å²) in [5, 5.41) is 3.53. The summed E-state index contributed by atoms with van der Waals surface area (Å²) in [5.41, 5.74) is 1.87. The Bertz CT molecular complexity index is 874. The van der Waals surface area contributed by atoms with Gasteiger partial charge in [0, 0.05) is 22.7 Å². The molecule has 0 saturated heterocycles. The number of methoxy groups -OCH3 is 1. The molecule has 1 aromatic heterocycles. The van der Waals surface area contributed by atoms with Gasteiger partial charge in [0.15, 0.2) is 0 Å². The van der Waals surface area contributed by atoms with Gasteiger partial charge >= 0.3 is 6.61 Å². The molecule has 1 amide bonds. The molecule has 1 N–H and O–H groups in total. The smallest absolute Gasteiger partial charge is 0.387 e. The molecule has 0 unspecified atom stereocenters. The zero-order valence-electron chi connectivity index (χ0n) is 13.3. The molecule has 130 valence electrons. The number of fused-ring (bicyclic) bond motifs is 1. The van der Waals surface area contributed by atoms with Crippen LogP contribution in [0.5, 0.6) is 11.5 Å². The fraction of sp³-hybridized carbons (Fsp3) is 0.167. The van der Waals surface area contributed by atoms with Crippen molar-refractivity contribution in [2.75, 3.05) is 12.4 Å². The van der Waals surface area contributed by atoms with E-state index in [2.05, 4.69) is 10.1 Å². The van der Waals surface area contributed by atoms with Crippen LogP contribution in [-0.2, 0) is 11.2 Å². The maximum Gasteiger partial charge on any atom is 0.387 e. The minimum Gasteiger partial charge on any atom is -0.497 e. The predicted octanol–water partition coefficient (Wildman–Crippen LogP) is 4.22. The maximum atomic E-state index is 12.2. The molecule has 0 bridgehead atoms. The number of hydrogen-bond acceptors (Lipinski definition) is 4. The number of anilines is 1. The van der Waals surface area contributed by atoms with E-state index in [1.54, 1.807) is 19.2 Å². The second-order valence-electron chi connectivity index (χ2n) is 5.25. The van der Waals surface area contributed by atoms with E-state index in [0.717, 1.165) is 10.9 Å². The molecule has 25 heavy (non-hydrogen) atoms. The van der Waals surface area contributed by atoms with Gasteiger partial charge in [0.1, 0.15) is 17.1 Å². The van der Waals surface area contributed by atoms with Crippen molar-refractivity contribution >= 4 is 22.6 Å². The fourth-order valence-electron chi connectivity index (χ4n) is 2.43. The van der Waals surface area contributed by atoms with Gasteiger partial charge in [0.25, 0.3) is 0 Å². The normalized spacial score (nSPS) is 10.9. The molecule has 7 heteroatoms. The van der Waals surface area contributed by atoms with Crippen molar-refractivity contribution in [3.05, 3.63) is 54.3 Å². The molecular weight excluding hydrogens is 332 g/mol. The highest BCUT2D eigenvalue weighted by molar-refractivity contribution is 5.95. The van der Waals surface area contributed by atoms with E-state index >= 15 is 0 Å². The summed E-state index contributed by atoms with van der Waals surface area (Å²) >= 11 is 0. The van der Waals surface area contributed by atoms with Crippen molar-refractivity contribution in [2.24, 2.45) is 0 Å². The molecule has 0 aliphatic heterocycles. The number of rotatable bonds is 6. The van der Waals surface area contributed by atoms with E-state index in [4.69, 9.17) is 9.15 Å². The molecule has 0 spiro atoms. The number of alkyl halides is 2. The third kappa shape index (κ3) is 4.06. The highest BCUT2D eigenvalue weighted by Gasteiger charge is 2.12. The van der Waals surface area contributed by atoms with Crippen molar-refractivity contribution in [1.29, 1.82) is 0 Å². The standard InChI is InChI=1S/C18H15F2NO4/c1-23-14-6-7-15-11(10-24-16(15)9-14)8-17(22)21-12-2-4-13(5-3-12)25-18(19)20/h2-7,9-10,18H,8H2,1H3,(H,21,22). The van der Waals surface area contributed by atoms with Crippen molar-refractivity contribution in [2.45, 2.75) is 13.0 Å². The predicted molar refractivity (Wildman–Crippen MR) is 88.2 cm³/mol. The summed E-state index contributed by atoms with van der Waals surface area (Å²) < 4.78 is 39.1. The average molecular weight is 347 g/mol. The second-order valence-corrected chi connectivity index (χ2v) is 5.25. The van der Waals surface area contributed by atoms with Crippen molar-refractivity contribution in [3.8, 4) is 11.5 Å². The third-order valence-corrected chi connectivity index (χ3v) is 3.58. The first-order chi connectivity index (χ1) is 12.0. The Kier molecular flexibility index (Phi) is 4.83. The molecule has 0 saturated carbocycles. The first kappa shape index (κ1) is 16.8. The number of halogens is 2. The van der Waals surface area contributed by atoms with Gasteiger partial charge in [0.05, 0.1) is 19.8 Å². The molecule has 0 aliphatic rings. The number of benzene rings is 2. The molecule has 3 aromatic rings. The Morgan fingerprint density at radius 1 is 1.16 bits per heavy atom. The summed E-state index contributed by atoms with van der Waals surface area (Å²) in [4.78, 5) is 12.2. The van der Waals surface area contributed by atoms with Gasteiger partial charge in [-0.15, -0.1) is 0 Å². The monoisotopic (exact) mass is 347 g/mol. The van der Waals surface area contributed by atoms with Gasteiger partial charge in [-0.3, -0.25) is 4.79 Å². The fourth-order valence-corrected chi connectivity index (χ4v) is 2.43. The van der Waals surface area contributed by atoms with Crippen LogP contribution in [0, 0.1) is 0 Å². The summed E-state index contributed by atoms with van der Waals surface area (Å²) in [6.45, 7) is -2.88. The second kappa shape index (κ2) is 7.21. The van der Waals surface area contributed by atoms with Gasteiger partial charge in [0.2, 0.25) is 5.91 Å². The highest BCUT2D eigenvalue weighted by atomic mass is 19.3. The van der Waals surface area contributed by atoms with Crippen LogP contribution in [0.3, 0.4) is 0 Å². The van der Waals surface area contributed by atoms with E-state index in [1.807, 2.05) is 6.07 Å². The molecular formula is C18H15F2NO4. The number of nitrogens with one attached hydrogen (secondary N) is 1. The third-order valence-electron chi connectivity index (χ3n) is 3.58. The largest absolute Gasteiger partial charge is 0.497 e. The lowest BCUT2D eigenvalue weighted by Crippen LogP contribution is -2.14. The van der Waals surface area contributed by atoms with Crippen LogP contribution < -0.4 is 14.8 Å². The first-order valence-corrected chi connectivity index (χ1v) is 7.44. The molecule has 0 aliphatic carbocycles. The van der Waals surface area contributed by atoms with E-state index < -0.39 is 6.61 Å². The zero-order chi connectivity index (χ0) is 17.8.